The highest BCUT2D eigenvalue weighted by molar-refractivity contribution is 6.35. The highest BCUT2D eigenvalue weighted by Gasteiger charge is 2.53. The van der Waals surface area contributed by atoms with Crippen LogP contribution in [0.2, 0.25) is 15.1 Å². The number of benzene rings is 3. The summed E-state index contributed by atoms with van der Waals surface area (Å²) in [4.78, 5) is 15.4. The summed E-state index contributed by atoms with van der Waals surface area (Å²) in [6, 6.07) is 13.6. The van der Waals surface area contributed by atoms with Crippen molar-refractivity contribution in [1.82, 2.24) is 5.32 Å². The summed E-state index contributed by atoms with van der Waals surface area (Å²) in [6.07, 6.45) is 1.86. The van der Waals surface area contributed by atoms with E-state index in [0.717, 1.165) is 49.2 Å². The van der Waals surface area contributed by atoms with Gasteiger partial charge in [-0.1, -0.05) is 46.9 Å². The molecule has 34 heavy (non-hydrogen) atoms. The molecule has 1 N–H and O–H groups in total. The van der Waals surface area contributed by atoms with Gasteiger partial charge in [0.15, 0.2) is 0 Å². The normalized spacial score (nSPS) is 18.9. The first-order chi connectivity index (χ1) is 16.3. The molecule has 3 aromatic carbocycles. The van der Waals surface area contributed by atoms with Gasteiger partial charge >= 0.3 is 0 Å². The van der Waals surface area contributed by atoms with Gasteiger partial charge in [-0.2, -0.15) is 0 Å². The van der Waals surface area contributed by atoms with Crippen LogP contribution in [-0.2, 0) is 11.8 Å². The minimum absolute atomic E-state index is 0.393. The molecule has 0 bridgehead atoms. The Balaban J connectivity index is 1.70. The molecular formula is C26H21Cl3F2N2O. The van der Waals surface area contributed by atoms with E-state index in [1.54, 1.807) is 29.2 Å². The molecule has 3 aromatic rings. The number of hydrogen-bond acceptors (Lipinski definition) is 2. The van der Waals surface area contributed by atoms with Crippen LogP contribution in [0.5, 0.6) is 0 Å². The molecule has 0 aromatic heterocycles. The maximum atomic E-state index is 14.7. The van der Waals surface area contributed by atoms with Crippen LogP contribution in [0.15, 0.2) is 54.6 Å². The number of piperidine rings is 1. The van der Waals surface area contributed by atoms with E-state index in [1.807, 2.05) is 12.1 Å². The number of carbonyl (C=O) groups is 1. The summed E-state index contributed by atoms with van der Waals surface area (Å²) >= 11 is 19.0. The van der Waals surface area contributed by atoms with Gasteiger partial charge in [0.1, 0.15) is 17.2 Å². The Morgan fingerprint density at radius 2 is 1.62 bits per heavy atom. The van der Waals surface area contributed by atoms with Crippen molar-refractivity contribution in [3.8, 4) is 0 Å². The van der Waals surface area contributed by atoms with Gasteiger partial charge in [0.2, 0.25) is 0 Å². The molecular weight excluding hydrogens is 501 g/mol. The summed E-state index contributed by atoms with van der Waals surface area (Å²) in [6.45, 7) is 1.49. The lowest BCUT2D eigenvalue weighted by atomic mass is 9.68. The van der Waals surface area contributed by atoms with Gasteiger partial charge in [-0.15, -0.1) is 0 Å². The molecule has 1 amide bonds. The van der Waals surface area contributed by atoms with Gasteiger partial charge in [-0.3, -0.25) is 4.79 Å². The maximum Gasteiger partial charge on any atom is 0.264 e. The van der Waals surface area contributed by atoms with Crippen molar-refractivity contribution < 1.29 is 13.6 Å². The van der Waals surface area contributed by atoms with Crippen molar-refractivity contribution in [2.45, 2.75) is 30.7 Å². The average Bonchev–Trinajstić information content (AvgIpc) is 3.04. The van der Waals surface area contributed by atoms with Crippen molar-refractivity contribution in [1.29, 1.82) is 0 Å². The molecule has 2 aliphatic rings. The van der Waals surface area contributed by atoms with E-state index in [1.165, 1.54) is 6.07 Å². The number of nitrogens with zero attached hydrogens (tertiary/aromatic N) is 1. The summed E-state index contributed by atoms with van der Waals surface area (Å²) in [5, 5.41) is 4.92. The third-order valence-corrected chi connectivity index (χ3v) is 7.85. The fourth-order valence-electron chi connectivity index (χ4n) is 5.44. The lowest BCUT2D eigenvalue weighted by molar-refractivity contribution is 0.0955. The summed E-state index contributed by atoms with van der Waals surface area (Å²) < 4.78 is 29.5. The Kier molecular flexibility index (Phi) is 6.32. The van der Waals surface area contributed by atoms with Gasteiger partial charge in [-0.25, -0.2) is 8.78 Å². The van der Waals surface area contributed by atoms with Crippen molar-refractivity contribution in [3.05, 3.63) is 98.0 Å². The lowest BCUT2D eigenvalue weighted by Crippen LogP contribution is -2.53. The van der Waals surface area contributed by atoms with E-state index < -0.39 is 34.6 Å². The zero-order chi connectivity index (χ0) is 24.0. The molecule has 176 valence electrons. The second-order valence-electron chi connectivity index (χ2n) is 8.80. The Hall–Kier alpha value is -2.18. The van der Waals surface area contributed by atoms with Crippen LogP contribution in [0.25, 0.3) is 0 Å². The minimum Gasteiger partial charge on any atom is -0.317 e. The highest BCUT2D eigenvalue weighted by atomic mass is 35.5. The third kappa shape index (κ3) is 3.89. The van der Waals surface area contributed by atoms with Crippen LogP contribution in [-0.4, -0.2) is 25.0 Å². The molecule has 1 atom stereocenters. The monoisotopic (exact) mass is 520 g/mol. The van der Waals surface area contributed by atoms with Crippen molar-refractivity contribution in [3.63, 3.8) is 0 Å². The molecule has 3 nitrogen and oxygen atoms in total. The van der Waals surface area contributed by atoms with Gasteiger partial charge in [-0.05, 0) is 85.9 Å². The average molecular weight is 522 g/mol. The van der Waals surface area contributed by atoms with Gasteiger partial charge in [0.25, 0.3) is 5.91 Å². The van der Waals surface area contributed by atoms with Gasteiger partial charge in [0, 0.05) is 26.2 Å². The van der Waals surface area contributed by atoms with Crippen LogP contribution in [0, 0.1) is 11.6 Å². The number of amides is 1. The number of nitrogens with one attached hydrogen (secondary N) is 1. The Bertz CT molecular complexity index is 1260. The van der Waals surface area contributed by atoms with E-state index in [0.29, 0.717) is 27.2 Å². The molecule has 1 spiro atoms. The summed E-state index contributed by atoms with van der Waals surface area (Å²) in [5.41, 5.74) is 1.32. The molecule has 5 rings (SSSR count). The molecule has 0 aliphatic carbocycles. The van der Waals surface area contributed by atoms with Crippen LogP contribution < -0.4 is 10.2 Å². The van der Waals surface area contributed by atoms with Crippen molar-refractivity contribution in [2.75, 3.05) is 18.0 Å². The Morgan fingerprint density at radius 3 is 2.29 bits per heavy atom. The fraction of sp³-hybridized carbons (Fsp3) is 0.269. The van der Waals surface area contributed by atoms with Crippen LogP contribution in [0.4, 0.5) is 14.5 Å². The quantitative estimate of drug-likeness (QED) is 0.410. The summed E-state index contributed by atoms with van der Waals surface area (Å²) in [5.74, 6) is -2.50. The number of halogens is 5. The zero-order valence-electron chi connectivity index (χ0n) is 18.1. The van der Waals surface area contributed by atoms with E-state index in [-0.39, 0.29) is 0 Å². The van der Waals surface area contributed by atoms with Crippen LogP contribution in [0.1, 0.15) is 34.3 Å². The number of anilines is 1. The molecule has 2 aliphatic heterocycles. The molecule has 2 heterocycles. The third-order valence-electron chi connectivity index (χ3n) is 7.02. The standard InChI is InChI=1S/C26H21Cl3F2N2O/c27-16-6-7-22-18(13-16)26(8-10-32-11-9-26)23(12-15-4-5-17(28)14-19(15)29)33(22)25(34)24-20(30)2-1-3-21(24)31/h1-7,13-14,23,32H,8-12H2/t23-/m1/s1. The topological polar surface area (TPSA) is 32.3 Å². The maximum absolute atomic E-state index is 14.7. The molecule has 1 fully saturated rings. The molecule has 0 unspecified atom stereocenters. The number of hydrogen-bond donors (Lipinski definition) is 1. The highest BCUT2D eigenvalue weighted by Crippen LogP contribution is 2.53. The Morgan fingerprint density at radius 1 is 0.971 bits per heavy atom. The number of carbonyl (C=O) groups excluding carboxylic acids is 1. The second kappa shape index (κ2) is 9.12. The molecule has 1 saturated heterocycles. The van der Waals surface area contributed by atoms with E-state index >= 15 is 0 Å². The first kappa shape index (κ1) is 23.6. The predicted octanol–water partition coefficient (Wildman–Crippen LogP) is 6.82. The van der Waals surface area contributed by atoms with Gasteiger partial charge in [0.05, 0.1) is 6.04 Å². The first-order valence-electron chi connectivity index (χ1n) is 11.0. The largest absolute Gasteiger partial charge is 0.317 e. The van der Waals surface area contributed by atoms with Crippen molar-refractivity contribution in [2.24, 2.45) is 0 Å². The van der Waals surface area contributed by atoms with Crippen LogP contribution in [0.3, 0.4) is 0 Å². The smallest absolute Gasteiger partial charge is 0.264 e. The van der Waals surface area contributed by atoms with Gasteiger partial charge < -0.3 is 10.2 Å². The Labute approximate surface area is 211 Å². The minimum atomic E-state index is -0.893. The molecule has 0 saturated carbocycles. The first-order valence-corrected chi connectivity index (χ1v) is 12.2. The van der Waals surface area contributed by atoms with Crippen LogP contribution >= 0.6 is 34.8 Å². The second-order valence-corrected chi connectivity index (χ2v) is 10.1. The number of rotatable bonds is 3. The van der Waals surface area contributed by atoms with Crippen molar-refractivity contribution >= 4 is 46.4 Å². The SMILES string of the molecule is O=C(c1c(F)cccc1F)N1c2ccc(Cl)cc2C2(CCNCC2)[C@H]1Cc1ccc(Cl)cc1Cl. The van der Waals surface area contributed by atoms with E-state index in [2.05, 4.69) is 5.32 Å². The fourth-order valence-corrected chi connectivity index (χ4v) is 6.10. The molecule has 0 radical (unpaired) electrons. The lowest BCUT2D eigenvalue weighted by Gasteiger charge is -2.42. The predicted molar refractivity (Wildman–Crippen MR) is 132 cm³/mol. The van der Waals surface area contributed by atoms with E-state index in [9.17, 15) is 13.6 Å². The number of fused-ring (bicyclic) bond motifs is 2. The zero-order valence-corrected chi connectivity index (χ0v) is 20.3. The van der Waals surface area contributed by atoms with E-state index in [4.69, 9.17) is 34.8 Å². The molecule has 8 heteroatoms. The summed E-state index contributed by atoms with van der Waals surface area (Å²) in [7, 11) is 0.